The number of aromatic carboxylic acids is 1. The first-order chi connectivity index (χ1) is 6.16. The van der Waals surface area contributed by atoms with Crippen LogP contribution < -0.4 is 0 Å². The number of hydrogen-bond donors (Lipinski definition) is 1. The van der Waals surface area contributed by atoms with Gasteiger partial charge in [-0.2, -0.15) is 0 Å². The summed E-state index contributed by atoms with van der Waals surface area (Å²) in [5, 5.41) is 8.73. The fraction of sp³-hybridized carbons (Fsp3) is 0. The summed E-state index contributed by atoms with van der Waals surface area (Å²) in [6.07, 6.45) is 1.62. The average Bonchev–Trinajstić information content (AvgIpc) is 2.46. The molecule has 1 N–H and O–H groups in total. The van der Waals surface area contributed by atoms with Crippen LogP contribution >= 0.6 is 27.3 Å². The second kappa shape index (κ2) is 3.04. The minimum absolute atomic E-state index is 0.0700. The van der Waals surface area contributed by atoms with Crippen LogP contribution in [0.4, 0.5) is 0 Å². The molecule has 13 heavy (non-hydrogen) atoms. The van der Waals surface area contributed by atoms with Crippen LogP contribution in [0.25, 0.3) is 10.3 Å². The van der Waals surface area contributed by atoms with Gasteiger partial charge in [-0.3, -0.25) is 0 Å². The fourth-order valence-corrected chi connectivity index (χ4v) is 1.94. The van der Waals surface area contributed by atoms with Crippen LogP contribution in [-0.2, 0) is 0 Å². The number of halogens is 1. The molecule has 2 rings (SSSR count). The third kappa shape index (κ3) is 1.54. The van der Waals surface area contributed by atoms with Crippen molar-refractivity contribution < 1.29 is 9.90 Å². The molecule has 2 aromatic rings. The van der Waals surface area contributed by atoms with Crippen LogP contribution in [0.2, 0.25) is 0 Å². The summed E-state index contributed by atoms with van der Waals surface area (Å²) in [6, 6.07) is 1.74. The van der Waals surface area contributed by atoms with Gasteiger partial charge in [0.1, 0.15) is 10.3 Å². The summed E-state index contributed by atoms with van der Waals surface area (Å²) >= 11 is 4.30. The van der Waals surface area contributed by atoms with E-state index in [1.165, 1.54) is 0 Å². The molecule has 2 aromatic heterocycles. The summed E-state index contributed by atoms with van der Waals surface area (Å²) < 4.78 is 0.794. The van der Waals surface area contributed by atoms with Crippen molar-refractivity contribution >= 4 is 43.6 Å². The maximum atomic E-state index is 10.6. The number of rotatable bonds is 1. The van der Waals surface area contributed by atoms with Crippen molar-refractivity contribution in [3.8, 4) is 0 Å². The van der Waals surface area contributed by atoms with Gasteiger partial charge in [0, 0.05) is 10.7 Å². The van der Waals surface area contributed by atoms with E-state index >= 15 is 0 Å². The lowest BCUT2D eigenvalue weighted by Gasteiger charge is -1.86. The number of carboxylic acid groups (broad SMARTS) is 1. The largest absolute Gasteiger partial charge is 0.476 e. The van der Waals surface area contributed by atoms with Crippen LogP contribution in [0.15, 0.2) is 16.7 Å². The Morgan fingerprint density at radius 2 is 2.38 bits per heavy atom. The third-order valence-electron chi connectivity index (χ3n) is 1.40. The van der Waals surface area contributed by atoms with E-state index in [0.717, 1.165) is 15.8 Å². The van der Waals surface area contributed by atoms with E-state index < -0.39 is 5.97 Å². The van der Waals surface area contributed by atoms with Crippen molar-refractivity contribution in [2.24, 2.45) is 0 Å². The molecule has 0 bridgehead atoms. The number of nitrogens with zero attached hydrogens (tertiary/aromatic N) is 2. The molecular weight excluding hydrogens is 256 g/mol. The number of thiazole rings is 1. The van der Waals surface area contributed by atoms with Gasteiger partial charge in [0.05, 0.1) is 0 Å². The zero-order chi connectivity index (χ0) is 9.42. The highest BCUT2D eigenvalue weighted by atomic mass is 79.9. The lowest BCUT2D eigenvalue weighted by Crippen LogP contribution is -1.93. The Kier molecular flexibility index (Phi) is 2.01. The van der Waals surface area contributed by atoms with E-state index in [9.17, 15) is 4.79 Å². The Bertz CT molecular complexity index is 482. The molecule has 0 radical (unpaired) electrons. The second-order valence-electron chi connectivity index (χ2n) is 2.30. The maximum absolute atomic E-state index is 10.6. The molecule has 0 atom stereocenters. The van der Waals surface area contributed by atoms with Crippen LogP contribution in [0.5, 0.6) is 0 Å². The first-order valence-electron chi connectivity index (χ1n) is 3.32. The van der Waals surface area contributed by atoms with Gasteiger partial charge in [-0.15, -0.1) is 0 Å². The topological polar surface area (TPSA) is 63.1 Å². The van der Waals surface area contributed by atoms with E-state index in [2.05, 4.69) is 25.9 Å². The summed E-state index contributed by atoms with van der Waals surface area (Å²) in [7, 11) is 0. The molecule has 0 saturated carbocycles. The molecule has 66 valence electrons. The molecule has 4 nitrogen and oxygen atoms in total. The standard InChI is InChI=1S/C7H3BrN2O2S/c8-3-1-4-5(9-2-3)13-6(10-4)7(11)12/h1-2H,(H,11,12). The smallest absolute Gasteiger partial charge is 0.365 e. The molecule has 0 aliphatic heterocycles. The zero-order valence-corrected chi connectivity index (χ0v) is 8.59. The van der Waals surface area contributed by atoms with Crippen molar-refractivity contribution in [3.05, 3.63) is 21.7 Å². The van der Waals surface area contributed by atoms with Gasteiger partial charge in [-0.25, -0.2) is 14.8 Å². The molecule has 0 fully saturated rings. The Morgan fingerprint density at radius 1 is 1.62 bits per heavy atom. The van der Waals surface area contributed by atoms with Crippen molar-refractivity contribution in [2.75, 3.05) is 0 Å². The third-order valence-corrected chi connectivity index (χ3v) is 2.80. The van der Waals surface area contributed by atoms with Crippen molar-refractivity contribution in [3.63, 3.8) is 0 Å². The van der Waals surface area contributed by atoms with Gasteiger partial charge in [0.15, 0.2) is 0 Å². The van der Waals surface area contributed by atoms with Crippen molar-refractivity contribution in [1.82, 2.24) is 9.97 Å². The Labute approximate surface area is 85.4 Å². The van der Waals surface area contributed by atoms with Gasteiger partial charge in [0.25, 0.3) is 0 Å². The van der Waals surface area contributed by atoms with Crippen LogP contribution in [0.1, 0.15) is 9.80 Å². The predicted octanol–water partition coefficient (Wildman–Crippen LogP) is 2.15. The monoisotopic (exact) mass is 258 g/mol. The molecule has 0 aliphatic rings. The zero-order valence-electron chi connectivity index (χ0n) is 6.19. The normalized spacial score (nSPS) is 10.5. The van der Waals surface area contributed by atoms with Crippen molar-refractivity contribution in [2.45, 2.75) is 0 Å². The summed E-state index contributed by atoms with van der Waals surface area (Å²) in [6.45, 7) is 0. The summed E-state index contributed by atoms with van der Waals surface area (Å²) in [4.78, 5) is 19.1. The molecule has 0 saturated heterocycles. The molecule has 0 spiro atoms. The minimum Gasteiger partial charge on any atom is -0.476 e. The molecule has 0 amide bonds. The number of hydrogen-bond acceptors (Lipinski definition) is 4. The summed E-state index contributed by atoms with van der Waals surface area (Å²) in [5.41, 5.74) is 0.608. The predicted molar refractivity (Wildman–Crippen MR) is 52.1 cm³/mol. The average molecular weight is 259 g/mol. The molecule has 6 heteroatoms. The minimum atomic E-state index is -1.01. The van der Waals surface area contributed by atoms with Gasteiger partial charge in [0.2, 0.25) is 5.01 Å². The summed E-state index contributed by atoms with van der Waals surface area (Å²) in [5.74, 6) is -1.01. The molecule has 2 heterocycles. The lowest BCUT2D eigenvalue weighted by molar-refractivity contribution is 0.0696. The Hall–Kier alpha value is -1.01. The highest BCUT2D eigenvalue weighted by molar-refractivity contribution is 9.10. The van der Waals surface area contributed by atoms with Crippen molar-refractivity contribution in [1.29, 1.82) is 0 Å². The van der Waals surface area contributed by atoms with Gasteiger partial charge < -0.3 is 5.11 Å². The maximum Gasteiger partial charge on any atom is 0.365 e. The first kappa shape index (κ1) is 8.58. The molecule has 0 aliphatic carbocycles. The van der Waals surface area contributed by atoms with Crippen LogP contribution in [0, 0.1) is 0 Å². The lowest BCUT2D eigenvalue weighted by atomic mass is 10.5. The molecular formula is C7H3BrN2O2S. The Balaban J connectivity index is 2.68. The number of fused-ring (bicyclic) bond motifs is 1. The van der Waals surface area contributed by atoms with Gasteiger partial charge >= 0.3 is 5.97 Å². The first-order valence-corrected chi connectivity index (χ1v) is 4.93. The van der Waals surface area contributed by atoms with E-state index in [4.69, 9.17) is 5.11 Å². The molecule has 0 unspecified atom stereocenters. The number of pyridine rings is 1. The van der Waals surface area contributed by atoms with E-state index in [-0.39, 0.29) is 5.01 Å². The van der Waals surface area contributed by atoms with E-state index in [0.29, 0.717) is 10.3 Å². The van der Waals surface area contributed by atoms with Crippen LogP contribution in [0.3, 0.4) is 0 Å². The van der Waals surface area contributed by atoms with E-state index in [1.807, 2.05) is 0 Å². The highest BCUT2D eigenvalue weighted by Crippen LogP contribution is 2.22. The molecule has 0 aromatic carbocycles. The SMILES string of the molecule is O=C(O)c1nc2cc(Br)cnc2s1. The van der Waals surface area contributed by atoms with Gasteiger partial charge in [-0.05, 0) is 22.0 Å². The quantitative estimate of drug-likeness (QED) is 0.852. The van der Waals surface area contributed by atoms with E-state index in [1.54, 1.807) is 12.3 Å². The fourth-order valence-electron chi connectivity index (χ4n) is 0.890. The van der Waals surface area contributed by atoms with Crippen LogP contribution in [-0.4, -0.2) is 21.0 Å². The van der Waals surface area contributed by atoms with Gasteiger partial charge in [-0.1, -0.05) is 11.3 Å². The second-order valence-corrected chi connectivity index (χ2v) is 4.20. The number of carboxylic acids is 1. The Morgan fingerprint density at radius 3 is 3.08 bits per heavy atom. The number of carbonyl (C=O) groups is 1. The highest BCUT2D eigenvalue weighted by Gasteiger charge is 2.10. The number of aromatic nitrogens is 2.